The standard InChI is InChI=1S/C20H14Cl2N4O4/c1-10-8-14(13(6-7-23)11-2-4-12(21)5-3-11)15(22)9-16(10)26-20(30)24-18(27)17(25-26)19(28)29/h2-5,8-9,13H,6H2,1H3,(H,28,29)(H,24,27,30). The molecule has 0 bridgehead atoms. The summed E-state index contributed by atoms with van der Waals surface area (Å²) in [6.07, 6.45) is 0.153. The number of aromatic amines is 1. The second-order valence-electron chi connectivity index (χ2n) is 6.45. The van der Waals surface area contributed by atoms with E-state index in [1.165, 1.54) is 6.07 Å². The predicted molar refractivity (Wildman–Crippen MR) is 111 cm³/mol. The van der Waals surface area contributed by atoms with Gasteiger partial charge < -0.3 is 5.11 Å². The molecule has 0 saturated heterocycles. The van der Waals surface area contributed by atoms with Crippen LogP contribution >= 0.6 is 23.2 Å². The van der Waals surface area contributed by atoms with Crippen molar-refractivity contribution in [3.05, 3.63) is 89.7 Å². The maximum absolute atomic E-state index is 12.2. The summed E-state index contributed by atoms with van der Waals surface area (Å²) in [6.45, 7) is 1.68. The highest BCUT2D eigenvalue weighted by atomic mass is 35.5. The van der Waals surface area contributed by atoms with Crippen molar-refractivity contribution in [2.45, 2.75) is 19.3 Å². The second kappa shape index (κ2) is 8.53. The molecule has 2 N–H and O–H groups in total. The lowest BCUT2D eigenvalue weighted by Gasteiger charge is -2.19. The number of nitriles is 1. The lowest BCUT2D eigenvalue weighted by molar-refractivity contribution is 0.0685. The van der Waals surface area contributed by atoms with Crippen molar-refractivity contribution in [2.75, 3.05) is 0 Å². The van der Waals surface area contributed by atoms with Crippen LogP contribution in [0.25, 0.3) is 5.69 Å². The van der Waals surface area contributed by atoms with Crippen LogP contribution < -0.4 is 11.2 Å². The molecule has 0 saturated carbocycles. The number of aryl methyl sites for hydroxylation is 1. The van der Waals surface area contributed by atoms with E-state index in [0.717, 1.165) is 10.2 Å². The van der Waals surface area contributed by atoms with Gasteiger partial charge in [0.1, 0.15) is 0 Å². The van der Waals surface area contributed by atoms with Crippen molar-refractivity contribution in [3.63, 3.8) is 0 Å². The van der Waals surface area contributed by atoms with E-state index >= 15 is 0 Å². The molecule has 0 amide bonds. The summed E-state index contributed by atoms with van der Waals surface area (Å²) in [5.74, 6) is -1.91. The number of hydrogen-bond donors (Lipinski definition) is 2. The topological polar surface area (TPSA) is 129 Å². The first-order valence-electron chi connectivity index (χ1n) is 8.62. The Kier molecular flexibility index (Phi) is 6.06. The quantitative estimate of drug-likeness (QED) is 0.620. The van der Waals surface area contributed by atoms with Gasteiger partial charge in [-0.1, -0.05) is 41.4 Å². The SMILES string of the molecule is Cc1cc(C(CC#N)c2ccc(Cl)cc2)c(Cl)cc1-n1nc(C(=O)O)c(=O)[nH]c1=O. The van der Waals surface area contributed by atoms with Gasteiger partial charge in [0.15, 0.2) is 0 Å². The molecular weight excluding hydrogens is 431 g/mol. The summed E-state index contributed by atoms with van der Waals surface area (Å²) in [5.41, 5.74) is -0.578. The molecule has 0 spiro atoms. The van der Waals surface area contributed by atoms with Gasteiger partial charge in [-0.2, -0.15) is 15.0 Å². The van der Waals surface area contributed by atoms with Crippen LogP contribution in [0.3, 0.4) is 0 Å². The third-order valence-electron chi connectivity index (χ3n) is 4.52. The maximum Gasteiger partial charge on any atom is 0.362 e. The number of rotatable bonds is 5. The third kappa shape index (κ3) is 4.13. The van der Waals surface area contributed by atoms with Crippen molar-refractivity contribution in [1.82, 2.24) is 14.8 Å². The minimum atomic E-state index is -1.57. The number of hydrogen-bond acceptors (Lipinski definition) is 5. The van der Waals surface area contributed by atoms with Crippen LogP contribution in [0.15, 0.2) is 46.0 Å². The Morgan fingerprint density at radius 2 is 1.93 bits per heavy atom. The molecule has 3 rings (SSSR count). The van der Waals surface area contributed by atoms with Crippen molar-refractivity contribution >= 4 is 29.2 Å². The van der Waals surface area contributed by atoms with Crippen LogP contribution in [0.5, 0.6) is 0 Å². The first kappa shape index (κ1) is 21.3. The lowest BCUT2D eigenvalue weighted by atomic mass is 9.88. The number of benzene rings is 2. The number of carboxylic acid groups (broad SMARTS) is 1. The molecular formula is C20H14Cl2N4O4. The van der Waals surface area contributed by atoms with Crippen LogP contribution in [0.2, 0.25) is 10.0 Å². The lowest BCUT2D eigenvalue weighted by Crippen LogP contribution is -2.36. The van der Waals surface area contributed by atoms with Crippen LogP contribution in [0.4, 0.5) is 0 Å². The van der Waals surface area contributed by atoms with Crippen LogP contribution in [0.1, 0.15) is 39.5 Å². The van der Waals surface area contributed by atoms with Crippen LogP contribution in [-0.2, 0) is 0 Å². The number of nitrogens with one attached hydrogen (secondary N) is 1. The minimum Gasteiger partial charge on any atom is -0.476 e. The number of nitrogens with zero attached hydrogens (tertiary/aromatic N) is 3. The van der Waals surface area contributed by atoms with Gasteiger partial charge in [0.25, 0.3) is 5.56 Å². The van der Waals surface area contributed by atoms with Gasteiger partial charge in [-0.25, -0.2) is 9.59 Å². The summed E-state index contributed by atoms with van der Waals surface area (Å²) in [4.78, 5) is 37.0. The van der Waals surface area contributed by atoms with Gasteiger partial charge in [-0.15, -0.1) is 0 Å². The average Bonchev–Trinajstić information content (AvgIpc) is 2.69. The zero-order chi connectivity index (χ0) is 22.0. The highest BCUT2D eigenvalue weighted by Crippen LogP contribution is 2.35. The number of carbonyl (C=O) groups is 1. The smallest absolute Gasteiger partial charge is 0.362 e. The summed E-state index contributed by atoms with van der Waals surface area (Å²) in [7, 11) is 0. The van der Waals surface area contributed by atoms with Gasteiger partial charge >= 0.3 is 11.7 Å². The van der Waals surface area contributed by atoms with E-state index in [1.807, 2.05) is 4.98 Å². The van der Waals surface area contributed by atoms with E-state index in [4.69, 9.17) is 28.3 Å². The highest BCUT2D eigenvalue weighted by Gasteiger charge is 2.21. The molecule has 1 unspecified atom stereocenters. The fourth-order valence-electron chi connectivity index (χ4n) is 3.09. The summed E-state index contributed by atoms with van der Waals surface area (Å²) < 4.78 is 0.775. The molecule has 8 nitrogen and oxygen atoms in total. The van der Waals surface area contributed by atoms with E-state index in [1.54, 1.807) is 37.3 Å². The zero-order valence-electron chi connectivity index (χ0n) is 15.5. The van der Waals surface area contributed by atoms with Crippen LogP contribution in [-0.4, -0.2) is 25.8 Å². The molecule has 1 aromatic heterocycles. The molecule has 2 aromatic carbocycles. The molecule has 10 heteroatoms. The molecule has 0 aliphatic carbocycles. The Labute approximate surface area is 179 Å². The third-order valence-corrected chi connectivity index (χ3v) is 5.10. The zero-order valence-corrected chi connectivity index (χ0v) is 17.0. The molecule has 152 valence electrons. The second-order valence-corrected chi connectivity index (χ2v) is 7.30. The van der Waals surface area contributed by atoms with Crippen molar-refractivity contribution in [2.24, 2.45) is 0 Å². The fraction of sp³-hybridized carbons (Fsp3) is 0.150. The Balaban J connectivity index is 2.16. The summed E-state index contributed by atoms with van der Waals surface area (Å²) in [5, 5.41) is 22.9. The number of halogens is 2. The first-order valence-corrected chi connectivity index (χ1v) is 9.38. The number of carboxylic acids is 1. The van der Waals surface area contributed by atoms with Gasteiger partial charge in [-0.3, -0.25) is 9.78 Å². The Hall–Kier alpha value is -3.41. The minimum absolute atomic E-state index is 0.153. The largest absolute Gasteiger partial charge is 0.476 e. The maximum atomic E-state index is 12.2. The van der Waals surface area contributed by atoms with Crippen molar-refractivity contribution in [3.8, 4) is 11.8 Å². The number of H-pyrrole nitrogens is 1. The first-order chi connectivity index (χ1) is 14.2. The molecule has 3 aromatic rings. The van der Waals surface area contributed by atoms with Gasteiger partial charge in [-0.05, 0) is 41.8 Å². The van der Waals surface area contributed by atoms with E-state index in [0.29, 0.717) is 16.1 Å². The summed E-state index contributed by atoms with van der Waals surface area (Å²) >= 11 is 12.4. The van der Waals surface area contributed by atoms with Gasteiger partial charge in [0, 0.05) is 22.4 Å². The van der Waals surface area contributed by atoms with E-state index < -0.39 is 22.9 Å². The number of aromatic nitrogens is 3. The van der Waals surface area contributed by atoms with E-state index in [9.17, 15) is 19.6 Å². The predicted octanol–water partition coefficient (Wildman–Crippen LogP) is 3.28. The molecule has 1 heterocycles. The molecule has 0 aliphatic heterocycles. The van der Waals surface area contributed by atoms with Gasteiger partial charge in [0.2, 0.25) is 5.69 Å². The summed E-state index contributed by atoms with van der Waals surface area (Å²) in [6, 6.07) is 12.3. The fourth-order valence-corrected chi connectivity index (χ4v) is 3.50. The molecule has 1 atom stereocenters. The number of aromatic carboxylic acids is 1. The van der Waals surface area contributed by atoms with Gasteiger partial charge in [0.05, 0.1) is 11.8 Å². The van der Waals surface area contributed by atoms with Crippen molar-refractivity contribution < 1.29 is 9.90 Å². The van der Waals surface area contributed by atoms with E-state index in [2.05, 4.69) is 11.2 Å². The highest BCUT2D eigenvalue weighted by molar-refractivity contribution is 6.31. The average molecular weight is 445 g/mol. The molecule has 0 radical (unpaired) electrons. The Bertz CT molecular complexity index is 1290. The van der Waals surface area contributed by atoms with Crippen molar-refractivity contribution in [1.29, 1.82) is 5.26 Å². The Morgan fingerprint density at radius 1 is 1.27 bits per heavy atom. The van der Waals surface area contributed by atoms with E-state index in [-0.39, 0.29) is 23.0 Å². The normalized spacial score (nSPS) is 11.7. The molecule has 30 heavy (non-hydrogen) atoms. The monoisotopic (exact) mass is 444 g/mol. The van der Waals surface area contributed by atoms with Crippen LogP contribution in [0, 0.1) is 18.3 Å². The molecule has 0 aliphatic rings. The Morgan fingerprint density at radius 3 is 2.53 bits per heavy atom. The molecule has 0 fully saturated rings.